The third-order valence-corrected chi connectivity index (χ3v) is 8.83. The van der Waals surface area contributed by atoms with Crippen LogP contribution in [0.15, 0.2) is 46.2 Å². The Hall–Kier alpha value is -2.63. The highest BCUT2D eigenvalue weighted by Gasteiger charge is 2.55. The van der Waals surface area contributed by atoms with Crippen molar-refractivity contribution in [2.24, 2.45) is 45.5 Å². The molecule has 1 aliphatic heterocycles. The van der Waals surface area contributed by atoms with E-state index in [1.54, 1.807) is 6.08 Å². The molecule has 0 aromatic heterocycles. The number of ketones is 1. The third kappa shape index (κ3) is 4.96. The predicted molar refractivity (Wildman–Crippen MR) is 142 cm³/mol. The van der Waals surface area contributed by atoms with Crippen molar-refractivity contribution in [3.8, 4) is 0 Å². The zero-order valence-corrected chi connectivity index (χ0v) is 21.7. The Labute approximate surface area is 213 Å². The van der Waals surface area contributed by atoms with E-state index in [-0.39, 0.29) is 59.1 Å². The normalized spacial score (nSPS) is 34.1. The number of nitrogens with one attached hydrogen (secondary N) is 1. The Kier molecular flexibility index (Phi) is 7.23. The van der Waals surface area contributed by atoms with Crippen molar-refractivity contribution in [1.29, 1.82) is 0 Å². The molecule has 192 valence electrons. The number of aliphatic imine (C=N–C) groups is 2. The Balaban J connectivity index is 1.58. The summed E-state index contributed by atoms with van der Waals surface area (Å²) in [6, 6.07) is 7.33. The fourth-order valence-corrected chi connectivity index (χ4v) is 6.85. The van der Waals surface area contributed by atoms with Crippen molar-refractivity contribution in [1.82, 2.24) is 5.32 Å². The molecule has 5 rings (SSSR count). The Morgan fingerprint density at radius 1 is 1.17 bits per heavy atom. The summed E-state index contributed by atoms with van der Waals surface area (Å²) >= 11 is 0. The van der Waals surface area contributed by atoms with Gasteiger partial charge in [0.05, 0.1) is 17.4 Å². The average molecular weight is 492 g/mol. The minimum absolute atomic E-state index is 0.0661. The van der Waals surface area contributed by atoms with E-state index in [0.29, 0.717) is 30.7 Å². The molecule has 6 atom stereocenters. The van der Waals surface area contributed by atoms with E-state index in [1.807, 2.05) is 38.1 Å². The van der Waals surface area contributed by atoms with E-state index >= 15 is 4.39 Å². The lowest BCUT2D eigenvalue weighted by Crippen LogP contribution is -2.42. The van der Waals surface area contributed by atoms with Gasteiger partial charge in [0.25, 0.3) is 5.91 Å². The summed E-state index contributed by atoms with van der Waals surface area (Å²) in [6.07, 6.45) is 7.07. The topological polar surface area (TPSA) is 70.9 Å². The van der Waals surface area contributed by atoms with Gasteiger partial charge in [0.15, 0.2) is 0 Å². The van der Waals surface area contributed by atoms with Gasteiger partial charge in [-0.3, -0.25) is 19.6 Å². The number of fused-ring (bicyclic) bond motifs is 7. The van der Waals surface area contributed by atoms with Crippen LogP contribution in [0.1, 0.15) is 76.1 Å². The van der Waals surface area contributed by atoms with Gasteiger partial charge in [-0.25, -0.2) is 4.39 Å². The first-order valence-corrected chi connectivity index (χ1v) is 13.7. The maximum absolute atomic E-state index is 15.4. The van der Waals surface area contributed by atoms with Gasteiger partial charge in [-0.05, 0) is 92.9 Å². The van der Waals surface area contributed by atoms with Gasteiger partial charge >= 0.3 is 0 Å². The molecule has 6 bridgehead atoms. The molecule has 1 aromatic carbocycles. The van der Waals surface area contributed by atoms with Crippen molar-refractivity contribution in [2.45, 2.75) is 71.8 Å². The molecular formula is C30H38FN3O2. The fraction of sp³-hybridized carbons (Fsp3) is 0.600. The second-order valence-electron chi connectivity index (χ2n) is 11.6. The van der Waals surface area contributed by atoms with Crippen molar-refractivity contribution in [3.05, 3.63) is 41.7 Å². The molecular weight excluding hydrogens is 453 g/mol. The van der Waals surface area contributed by atoms with Crippen LogP contribution in [-0.4, -0.2) is 35.7 Å². The van der Waals surface area contributed by atoms with Crippen LogP contribution in [0.2, 0.25) is 0 Å². The lowest BCUT2D eigenvalue weighted by Gasteiger charge is -2.34. The number of hydrogen-bond donors (Lipinski definition) is 1. The molecule has 4 aliphatic rings. The summed E-state index contributed by atoms with van der Waals surface area (Å²) in [5.41, 5.74) is 3.01. The minimum Gasteiger partial charge on any atom is -0.352 e. The molecule has 1 N–H and O–H groups in total. The second-order valence-corrected chi connectivity index (χ2v) is 11.6. The molecule has 1 aromatic rings. The summed E-state index contributed by atoms with van der Waals surface area (Å²) in [6.45, 7) is 6.61. The zero-order chi connectivity index (χ0) is 25.4. The number of halogens is 1. The molecule has 6 heteroatoms. The number of nitrogens with zero attached hydrogens (tertiary/aromatic N) is 2. The molecule has 0 saturated heterocycles. The quantitative estimate of drug-likeness (QED) is 0.530. The Morgan fingerprint density at radius 3 is 2.81 bits per heavy atom. The molecule has 2 fully saturated rings. The van der Waals surface area contributed by atoms with Crippen LogP contribution < -0.4 is 5.32 Å². The van der Waals surface area contributed by atoms with Crippen LogP contribution in [-0.2, 0) is 4.79 Å². The van der Waals surface area contributed by atoms with Crippen LogP contribution in [0, 0.1) is 35.5 Å². The summed E-state index contributed by atoms with van der Waals surface area (Å²) in [5, 5.41) is 3.14. The maximum atomic E-state index is 15.4. The summed E-state index contributed by atoms with van der Waals surface area (Å²) in [4.78, 5) is 36.4. The monoisotopic (exact) mass is 491 g/mol. The number of allylic oxidation sites excluding steroid dienone is 2. The summed E-state index contributed by atoms with van der Waals surface area (Å²) < 4.78 is 15.4. The average Bonchev–Trinajstić information content (AvgIpc) is 3.43. The van der Waals surface area contributed by atoms with E-state index in [0.717, 1.165) is 43.5 Å². The number of benzene rings is 1. The SMILES string of the molecule is CC(C)C(=O)C1C2CC3CNC(=O)c4cccc(c4)N=C4CCC/C=C(/F)C(=NC1C3C2)CCC4C. The van der Waals surface area contributed by atoms with Crippen molar-refractivity contribution in [3.63, 3.8) is 0 Å². The van der Waals surface area contributed by atoms with Crippen LogP contribution in [0.4, 0.5) is 10.1 Å². The molecule has 6 unspecified atom stereocenters. The standard InChI is InChI=1S/C30H38FN3O2/c1-17(2)29(35)27-20-13-21-16-32-30(36)19-7-6-8-22(14-19)33-25-10-5-4-9-24(31)26(12-11-18(25)3)34-28(27)23(21)15-20/h6-9,14,17-18,20-21,23,27-28H,4-5,10-13,15-16H2,1-3H3,(H,32,36)/b24-9+,33-25?,34-26?. The predicted octanol–water partition coefficient (Wildman–Crippen LogP) is 6.26. The molecule has 0 radical (unpaired) electrons. The van der Waals surface area contributed by atoms with Gasteiger partial charge in [0, 0.05) is 29.7 Å². The minimum atomic E-state index is -0.222. The van der Waals surface area contributed by atoms with Crippen molar-refractivity contribution < 1.29 is 14.0 Å². The highest BCUT2D eigenvalue weighted by Crippen LogP contribution is 2.54. The number of hydrogen-bond acceptors (Lipinski definition) is 4. The van der Waals surface area contributed by atoms with E-state index in [1.165, 1.54) is 0 Å². The number of carbonyl (C=O) groups is 2. The fourth-order valence-electron chi connectivity index (χ4n) is 6.85. The van der Waals surface area contributed by atoms with Crippen molar-refractivity contribution in [2.75, 3.05) is 6.54 Å². The highest BCUT2D eigenvalue weighted by atomic mass is 19.1. The van der Waals surface area contributed by atoms with Gasteiger partial charge in [-0.1, -0.05) is 26.8 Å². The van der Waals surface area contributed by atoms with Gasteiger partial charge in [-0.15, -0.1) is 0 Å². The first-order valence-electron chi connectivity index (χ1n) is 13.7. The lowest BCUT2D eigenvalue weighted by atomic mass is 9.74. The lowest BCUT2D eigenvalue weighted by molar-refractivity contribution is -0.128. The Bertz CT molecular complexity index is 1120. The summed E-state index contributed by atoms with van der Waals surface area (Å²) in [7, 11) is 0. The van der Waals surface area contributed by atoms with Gasteiger partial charge in [0.1, 0.15) is 11.6 Å². The zero-order valence-electron chi connectivity index (χ0n) is 21.7. The number of amides is 1. The number of rotatable bonds is 2. The Morgan fingerprint density at radius 2 is 2.00 bits per heavy atom. The summed E-state index contributed by atoms with van der Waals surface area (Å²) in [5.74, 6) is 0.578. The van der Waals surface area contributed by atoms with Crippen LogP contribution in [0.5, 0.6) is 0 Å². The van der Waals surface area contributed by atoms with Crippen LogP contribution >= 0.6 is 0 Å². The van der Waals surface area contributed by atoms with E-state index < -0.39 is 0 Å². The molecule has 2 saturated carbocycles. The van der Waals surface area contributed by atoms with E-state index in [4.69, 9.17) is 9.98 Å². The second kappa shape index (κ2) is 10.4. The highest BCUT2D eigenvalue weighted by molar-refractivity contribution is 5.99. The van der Waals surface area contributed by atoms with Crippen LogP contribution in [0.3, 0.4) is 0 Å². The first-order chi connectivity index (χ1) is 17.3. The number of carbonyl (C=O) groups excluding carboxylic acids is 2. The van der Waals surface area contributed by atoms with E-state index in [2.05, 4.69) is 12.2 Å². The molecule has 36 heavy (non-hydrogen) atoms. The van der Waals surface area contributed by atoms with Crippen LogP contribution in [0.25, 0.3) is 0 Å². The maximum Gasteiger partial charge on any atom is 0.251 e. The van der Waals surface area contributed by atoms with Crippen molar-refractivity contribution >= 4 is 28.8 Å². The third-order valence-electron chi connectivity index (χ3n) is 8.83. The molecule has 5 nitrogen and oxygen atoms in total. The largest absolute Gasteiger partial charge is 0.352 e. The first kappa shape index (κ1) is 25.0. The molecule has 1 amide bonds. The van der Waals surface area contributed by atoms with Gasteiger partial charge in [0.2, 0.25) is 0 Å². The van der Waals surface area contributed by atoms with Gasteiger partial charge in [-0.2, -0.15) is 0 Å². The molecule has 3 aliphatic carbocycles. The van der Waals surface area contributed by atoms with Gasteiger partial charge < -0.3 is 5.32 Å². The van der Waals surface area contributed by atoms with E-state index in [9.17, 15) is 9.59 Å². The smallest absolute Gasteiger partial charge is 0.251 e. The molecule has 1 heterocycles. The number of Topliss-reactive ketones (excluding diaryl/α,β-unsaturated/α-hetero) is 1. The molecule has 0 spiro atoms.